The van der Waals surface area contributed by atoms with E-state index in [0.717, 1.165) is 18.0 Å². The molecule has 1 aliphatic heterocycles. The molecule has 98 valence electrons. The molecule has 2 N–H and O–H groups in total. The smallest absolute Gasteiger partial charge is 0.170 e. The van der Waals surface area contributed by atoms with E-state index >= 15 is 0 Å². The van der Waals surface area contributed by atoms with Gasteiger partial charge < -0.3 is 10.6 Å². The fraction of sp³-hybridized carbons (Fsp3) is 0.364. The third-order valence-corrected chi connectivity index (χ3v) is 13.6. The fourth-order valence-corrected chi connectivity index (χ4v) is 12.7. The van der Waals surface area contributed by atoms with Gasteiger partial charge in [0.2, 0.25) is 0 Å². The summed E-state index contributed by atoms with van der Waals surface area (Å²) in [5.74, 6) is 3.78. The topological polar surface area (TPSA) is 24.1 Å². The number of hydrogen-bond acceptors (Lipinski definition) is 4. The van der Waals surface area contributed by atoms with E-state index in [4.69, 9.17) is 12.2 Å². The van der Waals surface area contributed by atoms with Gasteiger partial charge in [0.1, 0.15) is 0 Å². The molecule has 1 aromatic carbocycles. The Bertz CT molecular complexity index is 371. The molecule has 7 heteroatoms. The molecule has 0 radical (unpaired) electrons. The molecule has 0 unspecified atom stereocenters. The third kappa shape index (κ3) is 5.57. The highest BCUT2D eigenvalue weighted by molar-refractivity contribution is 9.13. The number of nitrogens with one attached hydrogen (secondary N) is 2. The quantitative estimate of drug-likeness (QED) is 0.470. The molecule has 2 rings (SSSR count). The van der Waals surface area contributed by atoms with Crippen LogP contribution in [0.2, 0.25) is 0 Å². The lowest BCUT2D eigenvalue weighted by molar-refractivity contribution is 0.993. The normalized spacial score (nSPS) is 15.6. The molecule has 0 spiro atoms. The van der Waals surface area contributed by atoms with Crippen LogP contribution in [-0.4, -0.2) is 28.9 Å². The Morgan fingerprint density at radius 2 is 2.00 bits per heavy atom. The van der Waals surface area contributed by atoms with Crippen LogP contribution >= 0.6 is 51.9 Å². The second kappa shape index (κ2) is 8.54. The Morgan fingerprint density at radius 3 is 2.72 bits per heavy atom. The molecule has 2 nitrogen and oxygen atoms in total. The first-order chi connectivity index (χ1) is 8.84. The van der Waals surface area contributed by atoms with Crippen LogP contribution in [-0.2, 0) is 0 Å². The number of para-hydroxylation sites is 1. The van der Waals surface area contributed by atoms with Crippen molar-refractivity contribution < 1.29 is 0 Å². The molecule has 1 fully saturated rings. The van der Waals surface area contributed by atoms with Crippen LogP contribution in [0.5, 0.6) is 0 Å². The van der Waals surface area contributed by atoms with Gasteiger partial charge in [-0.3, -0.25) is 0 Å². The van der Waals surface area contributed by atoms with E-state index in [-0.39, 0.29) is 5.53 Å². The molecule has 0 aromatic heterocycles. The molecule has 1 heterocycles. The highest BCUT2D eigenvalue weighted by Crippen LogP contribution is 2.73. The van der Waals surface area contributed by atoms with Crippen molar-refractivity contribution in [1.82, 2.24) is 5.32 Å². The number of benzene rings is 1. The molecule has 1 saturated heterocycles. The minimum Gasteiger partial charge on any atom is -0.362 e. The molecular weight excluding hydrogens is 319 g/mol. The molecular formula is C11H15N2PS4. The summed E-state index contributed by atoms with van der Waals surface area (Å²) in [7, 11) is 0. The van der Waals surface area contributed by atoms with Gasteiger partial charge >= 0.3 is 0 Å². The standard InChI is InChI=1S/C11H15N2PS4/c15-11(13-10-4-2-1-3-5-10)12-6-7-16-14-17-8-9-18-14/h1-5H,6-9H2,(H2,12,13,15). The third-order valence-electron chi connectivity index (χ3n) is 2.09. The van der Waals surface area contributed by atoms with Crippen LogP contribution in [0.4, 0.5) is 5.69 Å². The monoisotopic (exact) mass is 334 g/mol. The van der Waals surface area contributed by atoms with Crippen molar-refractivity contribution in [1.29, 1.82) is 0 Å². The van der Waals surface area contributed by atoms with Crippen molar-refractivity contribution >= 4 is 62.7 Å². The van der Waals surface area contributed by atoms with Crippen LogP contribution in [0.3, 0.4) is 0 Å². The average Bonchev–Trinajstić information content (AvgIpc) is 2.89. The summed E-state index contributed by atoms with van der Waals surface area (Å²) in [4.78, 5) is 0. The Balaban J connectivity index is 1.57. The first kappa shape index (κ1) is 14.8. The Kier molecular flexibility index (Phi) is 7.02. The van der Waals surface area contributed by atoms with Gasteiger partial charge in [-0.15, -0.1) is 34.1 Å². The van der Waals surface area contributed by atoms with Gasteiger partial charge in [0.05, 0.1) is 5.53 Å². The first-order valence-corrected chi connectivity index (χ1v) is 12.2. The van der Waals surface area contributed by atoms with Crippen molar-refractivity contribution in [2.75, 3.05) is 29.1 Å². The predicted molar refractivity (Wildman–Crippen MR) is 95.0 cm³/mol. The maximum atomic E-state index is 5.25. The molecule has 1 aromatic rings. The van der Waals surface area contributed by atoms with Crippen molar-refractivity contribution in [3.8, 4) is 0 Å². The van der Waals surface area contributed by atoms with E-state index in [1.54, 1.807) is 0 Å². The molecule has 0 saturated carbocycles. The Morgan fingerprint density at radius 1 is 1.28 bits per heavy atom. The van der Waals surface area contributed by atoms with E-state index in [0.29, 0.717) is 5.11 Å². The Labute approximate surface area is 127 Å². The molecule has 1 aliphatic rings. The highest BCUT2D eigenvalue weighted by Gasteiger charge is 2.16. The van der Waals surface area contributed by atoms with Crippen molar-refractivity contribution in [2.24, 2.45) is 0 Å². The van der Waals surface area contributed by atoms with Crippen molar-refractivity contribution in [3.63, 3.8) is 0 Å². The predicted octanol–water partition coefficient (Wildman–Crippen LogP) is 4.41. The van der Waals surface area contributed by atoms with Gasteiger partial charge in [-0.1, -0.05) is 18.2 Å². The summed E-state index contributed by atoms with van der Waals surface area (Å²) in [5.41, 5.74) is 1.16. The van der Waals surface area contributed by atoms with Gasteiger partial charge in [0.25, 0.3) is 0 Å². The van der Waals surface area contributed by atoms with E-state index in [9.17, 15) is 0 Å². The number of thiocarbonyl (C=S) groups is 1. The lowest BCUT2D eigenvalue weighted by atomic mass is 10.3. The first-order valence-electron chi connectivity index (χ1n) is 5.63. The molecule has 0 amide bonds. The average molecular weight is 334 g/mol. The van der Waals surface area contributed by atoms with Crippen LogP contribution in [0.1, 0.15) is 0 Å². The maximum absolute atomic E-state index is 5.25. The zero-order valence-electron chi connectivity index (χ0n) is 9.80. The lowest BCUT2D eigenvalue weighted by Gasteiger charge is -2.11. The summed E-state index contributed by atoms with van der Waals surface area (Å²) in [6.45, 7) is 0.934. The van der Waals surface area contributed by atoms with E-state index in [1.165, 1.54) is 11.5 Å². The minimum atomic E-state index is 0.122. The zero-order chi connectivity index (χ0) is 12.6. The Hall–Kier alpha value is 0.390. The summed E-state index contributed by atoms with van der Waals surface area (Å²) in [5, 5.41) is 7.13. The molecule has 0 bridgehead atoms. The van der Waals surface area contributed by atoms with Crippen LogP contribution in [0, 0.1) is 0 Å². The summed E-state index contributed by atoms with van der Waals surface area (Å²) < 4.78 is 0. The van der Waals surface area contributed by atoms with E-state index in [1.807, 2.05) is 30.3 Å². The largest absolute Gasteiger partial charge is 0.362 e. The van der Waals surface area contributed by atoms with Gasteiger partial charge in [-0.05, 0) is 24.4 Å². The SMILES string of the molecule is S=C(NCCSP1SCCS1)Nc1ccccc1. The molecule has 0 aliphatic carbocycles. The van der Waals surface area contributed by atoms with Crippen LogP contribution in [0.25, 0.3) is 0 Å². The number of anilines is 1. The maximum Gasteiger partial charge on any atom is 0.170 e. The summed E-state index contributed by atoms with van der Waals surface area (Å²) in [6, 6.07) is 10.0. The zero-order valence-corrected chi connectivity index (χ0v) is 14.0. The minimum absolute atomic E-state index is 0.122. The van der Waals surface area contributed by atoms with Crippen molar-refractivity contribution in [2.45, 2.75) is 0 Å². The van der Waals surface area contributed by atoms with Crippen LogP contribution < -0.4 is 10.6 Å². The second-order valence-corrected chi connectivity index (χ2v) is 14.0. The lowest BCUT2D eigenvalue weighted by Crippen LogP contribution is -2.30. The fourth-order valence-electron chi connectivity index (χ4n) is 1.32. The highest BCUT2D eigenvalue weighted by atomic mass is 33.4. The van der Waals surface area contributed by atoms with Gasteiger partial charge in [0, 0.05) is 29.5 Å². The van der Waals surface area contributed by atoms with Gasteiger partial charge in [-0.25, -0.2) is 0 Å². The summed E-state index contributed by atoms with van der Waals surface area (Å²) in [6.07, 6.45) is 0. The van der Waals surface area contributed by atoms with Gasteiger partial charge in [0.15, 0.2) is 5.11 Å². The van der Waals surface area contributed by atoms with Crippen molar-refractivity contribution in [3.05, 3.63) is 30.3 Å². The number of hydrogen-bond donors (Lipinski definition) is 2. The molecule has 18 heavy (non-hydrogen) atoms. The number of rotatable bonds is 5. The van der Waals surface area contributed by atoms with Crippen LogP contribution in [0.15, 0.2) is 30.3 Å². The van der Waals surface area contributed by atoms with E-state index < -0.39 is 0 Å². The van der Waals surface area contributed by atoms with Gasteiger partial charge in [-0.2, -0.15) is 0 Å². The summed E-state index contributed by atoms with van der Waals surface area (Å²) >= 11 is 11.6. The second-order valence-electron chi connectivity index (χ2n) is 3.47. The molecule has 0 atom stereocenters. The van der Waals surface area contributed by atoms with E-state index in [2.05, 4.69) is 44.8 Å².